The standard InChI is InChI=1S/C25H27Cl2N3O4/c26-18-7-6-17(10-19(18)27)33-13-23(31)29-20-11-21(16-8-15(20)9-16)30-24(32)22-12-28-25(34-22)14-4-2-1-3-5-14/h1-7,10,15-16,20-22,25,28H,8-9,11-13H2,(H,29,31)(H,30,32). The molecule has 34 heavy (non-hydrogen) atoms. The van der Waals surface area contributed by atoms with Gasteiger partial charge in [-0.25, -0.2) is 0 Å². The number of hydrogen-bond acceptors (Lipinski definition) is 5. The molecule has 6 rings (SSSR count). The first-order chi connectivity index (χ1) is 16.5. The quantitative estimate of drug-likeness (QED) is 0.538. The highest BCUT2D eigenvalue weighted by Gasteiger charge is 2.47. The highest BCUT2D eigenvalue weighted by molar-refractivity contribution is 6.42. The molecule has 0 spiro atoms. The lowest BCUT2D eigenvalue weighted by atomic mass is 9.60. The molecule has 3 N–H and O–H groups in total. The second-order valence-electron chi connectivity index (χ2n) is 9.20. The highest BCUT2D eigenvalue weighted by Crippen LogP contribution is 2.46. The summed E-state index contributed by atoms with van der Waals surface area (Å²) < 4.78 is 11.5. The Morgan fingerprint density at radius 3 is 2.44 bits per heavy atom. The van der Waals surface area contributed by atoms with Gasteiger partial charge in [0.25, 0.3) is 11.8 Å². The smallest absolute Gasteiger partial charge is 0.258 e. The van der Waals surface area contributed by atoms with Gasteiger partial charge in [0.05, 0.1) is 10.0 Å². The molecule has 4 atom stereocenters. The maximum atomic E-state index is 12.9. The number of nitrogens with one attached hydrogen (secondary N) is 3. The van der Waals surface area contributed by atoms with Crippen molar-refractivity contribution >= 4 is 35.0 Å². The number of carbonyl (C=O) groups excluding carboxylic acids is 2. The number of benzene rings is 2. The van der Waals surface area contributed by atoms with Crippen LogP contribution in [-0.2, 0) is 14.3 Å². The Bertz CT molecular complexity index is 1050. The second-order valence-corrected chi connectivity index (χ2v) is 10.0. The predicted molar refractivity (Wildman–Crippen MR) is 129 cm³/mol. The third-order valence-electron chi connectivity index (χ3n) is 6.98. The van der Waals surface area contributed by atoms with E-state index in [1.54, 1.807) is 18.2 Å². The Hall–Kier alpha value is -2.32. The number of ether oxygens (including phenoxy) is 2. The minimum Gasteiger partial charge on any atom is -0.484 e. The van der Waals surface area contributed by atoms with E-state index < -0.39 is 6.10 Å². The molecule has 4 unspecified atom stereocenters. The van der Waals surface area contributed by atoms with E-state index in [9.17, 15) is 9.59 Å². The first-order valence-electron chi connectivity index (χ1n) is 11.6. The zero-order chi connectivity index (χ0) is 23.7. The lowest BCUT2D eigenvalue weighted by molar-refractivity contribution is -0.134. The normalized spacial score (nSPS) is 29.7. The van der Waals surface area contributed by atoms with E-state index in [0.29, 0.717) is 40.6 Å². The molecule has 0 aromatic heterocycles. The molecular weight excluding hydrogens is 477 g/mol. The van der Waals surface area contributed by atoms with Gasteiger partial charge in [0.2, 0.25) is 0 Å². The third-order valence-corrected chi connectivity index (χ3v) is 7.71. The van der Waals surface area contributed by atoms with Crippen LogP contribution in [0.1, 0.15) is 31.1 Å². The Morgan fingerprint density at radius 1 is 0.971 bits per heavy atom. The molecule has 0 radical (unpaired) electrons. The number of amides is 2. The van der Waals surface area contributed by atoms with Crippen LogP contribution in [0.5, 0.6) is 5.75 Å². The van der Waals surface area contributed by atoms with Gasteiger partial charge in [-0.05, 0) is 48.8 Å². The summed E-state index contributed by atoms with van der Waals surface area (Å²) in [7, 11) is 0. The van der Waals surface area contributed by atoms with Crippen molar-refractivity contribution in [3.05, 3.63) is 64.1 Å². The fourth-order valence-electron chi connectivity index (χ4n) is 5.07. The Morgan fingerprint density at radius 2 is 1.71 bits per heavy atom. The van der Waals surface area contributed by atoms with E-state index in [1.807, 2.05) is 30.3 Å². The molecule has 3 aliphatic carbocycles. The van der Waals surface area contributed by atoms with Crippen LogP contribution in [0.2, 0.25) is 10.0 Å². The minimum absolute atomic E-state index is 0.0138. The molecule has 3 saturated carbocycles. The van der Waals surface area contributed by atoms with Crippen LogP contribution in [0.3, 0.4) is 0 Å². The molecule has 1 heterocycles. The Kier molecular flexibility index (Phi) is 6.97. The summed E-state index contributed by atoms with van der Waals surface area (Å²) >= 11 is 11.9. The van der Waals surface area contributed by atoms with Gasteiger partial charge in [0.1, 0.15) is 12.0 Å². The average molecular weight is 504 g/mol. The largest absolute Gasteiger partial charge is 0.484 e. The molecule has 180 valence electrons. The summed E-state index contributed by atoms with van der Waals surface area (Å²) in [5.41, 5.74) is 1.00. The molecule has 2 aromatic carbocycles. The number of fused-ring (bicyclic) bond motifs is 2. The van der Waals surface area contributed by atoms with Gasteiger partial charge in [0.15, 0.2) is 12.7 Å². The first kappa shape index (κ1) is 23.4. The van der Waals surface area contributed by atoms with Gasteiger partial charge in [0, 0.05) is 24.7 Å². The van der Waals surface area contributed by atoms with Gasteiger partial charge in [-0.1, -0.05) is 53.5 Å². The summed E-state index contributed by atoms with van der Waals surface area (Å²) in [5.74, 6) is 1.09. The van der Waals surface area contributed by atoms with Crippen molar-refractivity contribution in [3.8, 4) is 5.75 Å². The summed E-state index contributed by atoms with van der Waals surface area (Å²) in [5, 5.41) is 10.3. The van der Waals surface area contributed by atoms with Gasteiger partial charge in [-0.15, -0.1) is 0 Å². The minimum atomic E-state index is -0.532. The van der Waals surface area contributed by atoms with Crippen LogP contribution in [0.15, 0.2) is 48.5 Å². The van der Waals surface area contributed by atoms with Crippen molar-refractivity contribution < 1.29 is 19.1 Å². The number of rotatable bonds is 7. The van der Waals surface area contributed by atoms with Crippen LogP contribution < -0.4 is 20.7 Å². The van der Waals surface area contributed by atoms with Crippen molar-refractivity contribution in [2.45, 2.75) is 43.7 Å². The van der Waals surface area contributed by atoms with Crippen LogP contribution >= 0.6 is 23.2 Å². The Balaban J connectivity index is 1.10. The maximum Gasteiger partial charge on any atom is 0.258 e. The highest BCUT2D eigenvalue weighted by atomic mass is 35.5. The second kappa shape index (κ2) is 10.1. The van der Waals surface area contributed by atoms with E-state index in [-0.39, 0.29) is 36.7 Å². The van der Waals surface area contributed by atoms with Crippen LogP contribution in [0.25, 0.3) is 0 Å². The molecule has 2 amide bonds. The van der Waals surface area contributed by atoms with E-state index in [1.165, 1.54) is 0 Å². The van der Waals surface area contributed by atoms with Gasteiger partial charge >= 0.3 is 0 Å². The lowest BCUT2D eigenvalue weighted by Crippen LogP contribution is -2.61. The summed E-state index contributed by atoms with van der Waals surface area (Å²) in [6.45, 7) is 0.363. The van der Waals surface area contributed by atoms with Crippen molar-refractivity contribution in [1.29, 1.82) is 0 Å². The molecule has 4 aliphatic rings. The third kappa shape index (κ3) is 5.18. The number of halogens is 2. The van der Waals surface area contributed by atoms with E-state index in [4.69, 9.17) is 32.7 Å². The van der Waals surface area contributed by atoms with Crippen molar-refractivity contribution in [3.63, 3.8) is 0 Å². The van der Waals surface area contributed by atoms with E-state index in [2.05, 4.69) is 16.0 Å². The van der Waals surface area contributed by atoms with Crippen LogP contribution in [-0.4, -0.2) is 43.2 Å². The predicted octanol–water partition coefficient (Wildman–Crippen LogP) is 3.46. The van der Waals surface area contributed by atoms with Crippen molar-refractivity contribution in [1.82, 2.24) is 16.0 Å². The molecule has 7 nitrogen and oxygen atoms in total. The van der Waals surface area contributed by atoms with Crippen molar-refractivity contribution in [2.75, 3.05) is 13.2 Å². The molecule has 2 bridgehead atoms. The molecular formula is C25H27Cl2N3O4. The number of carbonyl (C=O) groups is 2. The fraction of sp³-hybridized carbons (Fsp3) is 0.440. The molecule has 9 heteroatoms. The van der Waals surface area contributed by atoms with Gasteiger partial charge in [-0.2, -0.15) is 0 Å². The first-order valence-corrected chi connectivity index (χ1v) is 12.3. The van der Waals surface area contributed by atoms with Gasteiger partial charge < -0.3 is 20.1 Å². The average Bonchev–Trinajstić information content (AvgIpc) is 3.30. The maximum absolute atomic E-state index is 12.9. The summed E-state index contributed by atoms with van der Waals surface area (Å²) in [6, 6.07) is 14.7. The molecule has 1 aliphatic heterocycles. The Labute approximate surface area is 208 Å². The summed E-state index contributed by atoms with van der Waals surface area (Å²) in [4.78, 5) is 25.4. The molecule has 4 fully saturated rings. The summed E-state index contributed by atoms with van der Waals surface area (Å²) in [6.07, 6.45) is 1.90. The van der Waals surface area contributed by atoms with E-state index in [0.717, 1.165) is 18.4 Å². The van der Waals surface area contributed by atoms with Crippen molar-refractivity contribution in [2.24, 2.45) is 11.8 Å². The zero-order valence-corrected chi connectivity index (χ0v) is 20.0. The SMILES string of the molecule is O=C(COc1ccc(Cl)c(Cl)c1)NC1CC(NC(=O)C2CNC(c3ccccc3)O2)C2CC1C2. The topological polar surface area (TPSA) is 88.7 Å². The number of hydrogen-bond donors (Lipinski definition) is 3. The fourth-order valence-corrected chi connectivity index (χ4v) is 5.36. The monoisotopic (exact) mass is 503 g/mol. The van der Waals surface area contributed by atoms with E-state index >= 15 is 0 Å². The van der Waals surface area contributed by atoms with Crippen LogP contribution in [0.4, 0.5) is 0 Å². The van der Waals surface area contributed by atoms with Gasteiger partial charge in [-0.3, -0.25) is 14.9 Å². The van der Waals surface area contributed by atoms with Crippen LogP contribution in [0, 0.1) is 11.8 Å². The lowest BCUT2D eigenvalue weighted by Gasteiger charge is -2.51. The molecule has 1 saturated heterocycles. The zero-order valence-electron chi connectivity index (χ0n) is 18.5. The molecule has 2 aromatic rings.